The number of imidazole rings is 1. The summed E-state index contributed by atoms with van der Waals surface area (Å²) in [7, 11) is 1.86. The highest BCUT2D eigenvalue weighted by Crippen LogP contribution is 2.23. The maximum absolute atomic E-state index is 5.54. The summed E-state index contributed by atoms with van der Waals surface area (Å²) in [4.78, 5) is 12.3. The summed E-state index contributed by atoms with van der Waals surface area (Å²) in [5.74, 6) is 0.834. The molecule has 3 aromatic rings. The van der Waals surface area contributed by atoms with Gasteiger partial charge in [0.1, 0.15) is 11.4 Å². The molecular weight excluding hydrogens is 240 g/mol. The van der Waals surface area contributed by atoms with Crippen molar-refractivity contribution in [1.82, 2.24) is 24.7 Å². The Morgan fingerprint density at radius 2 is 2.29 bits per heavy atom. The third-order valence-electron chi connectivity index (χ3n) is 2.21. The van der Waals surface area contributed by atoms with E-state index in [1.54, 1.807) is 17.9 Å². The smallest absolute Gasteiger partial charge is 0.277 e. The first-order chi connectivity index (χ1) is 8.24. The zero-order valence-corrected chi connectivity index (χ0v) is 9.68. The second-order valence-electron chi connectivity index (χ2n) is 3.38. The van der Waals surface area contributed by atoms with Gasteiger partial charge in [-0.05, 0) is 0 Å². The molecule has 7 nitrogen and oxygen atoms in total. The van der Waals surface area contributed by atoms with Gasteiger partial charge in [0.25, 0.3) is 5.89 Å². The molecule has 0 atom stereocenters. The van der Waals surface area contributed by atoms with Gasteiger partial charge in [0.2, 0.25) is 5.82 Å². The first-order valence-electron chi connectivity index (χ1n) is 4.76. The maximum Gasteiger partial charge on any atom is 0.277 e. The Balaban J connectivity index is 2.01. The number of rotatable bonds is 2. The van der Waals surface area contributed by atoms with Crippen molar-refractivity contribution in [3.05, 3.63) is 17.9 Å². The lowest BCUT2D eigenvalue weighted by Crippen LogP contribution is -1.90. The molecule has 0 saturated carbocycles. The van der Waals surface area contributed by atoms with Gasteiger partial charge < -0.3 is 14.8 Å². The number of aromatic nitrogens is 5. The van der Waals surface area contributed by atoms with E-state index in [9.17, 15) is 0 Å². The molecule has 0 radical (unpaired) electrons. The normalized spacial score (nSPS) is 10.9. The Bertz CT molecular complexity index is 654. The fourth-order valence-corrected chi connectivity index (χ4v) is 1.93. The van der Waals surface area contributed by atoms with E-state index in [0.29, 0.717) is 22.5 Å². The fourth-order valence-electron chi connectivity index (χ4n) is 1.39. The number of nitrogens with zero attached hydrogens (tertiary/aromatic N) is 5. The maximum atomic E-state index is 5.54. The summed E-state index contributed by atoms with van der Waals surface area (Å²) >= 11 is 1.33. The van der Waals surface area contributed by atoms with Gasteiger partial charge in [0.15, 0.2) is 5.13 Å². The standard InChI is InChI=1S/C9H8N6OS/c1-15-4-11-2-6(15)7-13-8(16-14-7)5-3-17-9(10)12-5/h2-4H,1H3,(H2,10,12). The van der Waals surface area contributed by atoms with Gasteiger partial charge >= 0.3 is 0 Å². The van der Waals surface area contributed by atoms with Crippen LogP contribution in [0.1, 0.15) is 0 Å². The van der Waals surface area contributed by atoms with E-state index in [1.165, 1.54) is 11.3 Å². The van der Waals surface area contributed by atoms with Crippen molar-refractivity contribution in [2.24, 2.45) is 7.05 Å². The van der Waals surface area contributed by atoms with Crippen molar-refractivity contribution >= 4 is 16.5 Å². The molecule has 17 heavy (non-hydrogen) atoms. The van der Waals surface area contributed by atoms with Gasteiger partial charge in [-0.3, -0.25) is 0 Å². The first-order valence-corrected chi connectivity index (χ1v) is 5.64. The summed E-state index contributed by atoms with van der Waals surface area (Å²) in [5.41, 5.74) is 6.92. The van der Waals surface area contributed by atoms with E-state index in [2.05, 4.69) is 20.1 Å². The number of thiazole rings is 1. The van der Waals surface area contributed by atoms with Gasteiger partial charge in [0, 0.05) is 12.4 Å². The van der Waals surface area contributed by atoms with Crippen molar-refractivity contribution in [2.45, 2.75) is 0 Å². The Labute approximate surface area is 99.9 Å². The monoisotopic (exact) mass is 248 g/mol. The molecule has 3 heterocycles. The van der Waals surface area contributed by atoms with Crippen molar-refractivity contribution < 1.29 is 4.52 Å². The largest absolute Gasteiger partial charge is 0.375 e. The average Bonchev–Trinajstić information content (AvgIpc) is 2.97. The predicted octanol–water partition coefficient (Wildman–Crippen LogP) is 1.18. The molecular formula is C9H8N6OS. The summed E-state index contributed by atoms with van der Waals surface area (Å²) < 4.78 is 6.94. The van der Waals surface area contributed by atoms with Crippen LogP contribution in [0.25, 0.3) is 23.1 Å². The van der Waals surface area contributed by atoms with E-state index in [1.807, 2.05) is 11.6 Å². The van der Waals surface area contributed by atoms with Gasteiger partial charge in [-0.1, -0.05) is 5.16 Å². The minimum atomic E-state index is 0.356. The Hall–Kier alpha value is -2.22. The molecule has 0 spiro atoms. The molecule has 0 unspecified atom stereocenters. The Morgan fingerprint density at radius 3 is 2.94 bits per heavy atom. The van der Waals surface area contributed by atoms with Crippen LogP contribution < -0.4 is 5.73 Å². The van der Waals surface area contributed by atoms with Crippen LogP contribution >= 0.6 is 11.3 Å². The molecule has 0 bridgehead atoms. The Morgan fingerprint density at radius 1 is 1.41 bits per heavy atom. The van der Waals surface area contributed by atoms with Crippen LogP contribution in [0.3, 0.4) is 0 Å². The number of anilines is 1. The summed E-state index contributed by atoms with van der Waals surface area (Å²) in [6, 6.07) is 0. The number of hydrogen-bond acceptors (Lipinski definition) is 7. The van der Waals surface area contributed by atoms with E-state index in [4.69, 9.17) is 10.3 Å². The number of nitrogen functional groups attached to an aromatic ring is 1. The zero-order chi connectivity index (χ0) is 11.8. The van der Waals surface area contributed by atoms with Gasteiger partial charge in [-0.15, -0.1) is 11.3 Å². The molecule has 3 aromatic heterocycles. The highest BCUT2D eigenvalue weighted by molar-refractivity contribution is 7.13. The second kappa shape index (κ2) is 3.67. The van der Waals surface area contributed by atoms with Crippen molar-refractivity contribution in [3.8, 4) is 23.1 Å². The molecule has 0 saturated heterocycles. The van der Waals surface area contributed by atoms with Crippen molar-refractivity contribution in [1.29, 1.82) is 0 Å². The topological polar surface area (TPSA) is 95.7 Å². The quantitative estimate of drug-likeness (QED) is 0.731. The molecule has 0 aliphatic heterocycles. The SMILES string of the molecule is Cn1cncc1-c1noc(-c2csc(N)n2)n1. The van der Waals surface area contributed by atoms with Gasteiger partial charge in [0.05, 0.1) is 12.5 Å². The number of nitrogens with two attached hydrogens (primary N) is 1. The molecule has 0 aliphatic rings. The number of hydrogen-bond donors (Lipinski definition) is 1. The third kappa shape index (κ3) is 1.68. The molecule has 0 aromatic carbocycles. The van der Waals surface area contributed by atoms with Crippen LogP contribution in [0, 0.1) is 0 Å². The molecule has 8 heteroatoms. The van der Waals surface area contributed by atoms with E-state index in [0.717, 1.165) is 5.69 Å². The zero-order valence-electron chi connectivity index (χ0n) is 8.86. The highest BCUT2D eigenvalue weighted by atomic mass is 32.1. The van der Waals surface area contributed by atoms with Crippen LogP contribution in [-0.4, -0.2) is 24.7 Å². The second-order valence-corrected chi connectivity index (χ2v) is 4.27. The summed E-state index contributed by atoms with van der Waals surface area (Å²) in [5, 5.41) is 6.13. The fraction of sp³-hybridized carbons (Fsp3) is 0.111. The highest BCUT2D eigenvalue weighted by Gasteiger charge is 2.14. The first kappa shape index (κ1) is 9.97. The van der Waals surface area contributed by atoms with Gasteiger partial charge in [-0.2, -0.15) is 4.98 Å². The third-order valence-corrected chi connectivity index (χ3v) is 2.89. The lowest BCUT2D eigenvalue weighted by atomic mass is 10.4. The van der Waals surface area contributed by atoms with Crippen LogP contribution in [0.5, 0.6) is 0 Å². The summed E-state index contributed by atoms with van der Waals surface area (Å²) in [6.07, 6.45) is 3.34. The van der Waals surface area contributed by atoms with E-state index < -0.39 is 0 Å². The minimum absolute atomic E-state index is 0.356. The summed E-state index contributed by atoms with van der Waals surface area (Å²) in [6.45, 7) is 0. The lowest BCUT2D eigenvalue weighted by molar-refractivity contribution is 0.431. The van der Waals surface area contributed by atoms with Crippen LogP contribution in [-0.2, 0) is 7.05 Å². The van der Waals surface area contributed by atoms with E-state index in [-0.39, 0.29) is 0 Å². The minimum Gasteiger partial charge on any atom is -0.375 e. The van der Waals surface area contributed by atoms with E-state index >= 15 is 0 Å². The molecule has 3 rings (SSSR count). The average molecular weight is 248 g/mol. The molecule has 2 N–H and O–H groups in total. The van der Waals surface area contributed by atoms with Crippen LogP contribution in [0.4, 0.5) is 5.13 Å². The Kier molecular flexibility index (Phi) is 2.15. The van der Waals surface area contributed by atoms with Gasteiger partial charge in [-0.25, -0.2) is 9.97 Å². The lowest BCUT2D eigenvalue weighted by Gasteiger charge is -1.92. The van der Waals surface area contributed by atoms with Crippen molar-refractivity contribution in [2.75, 3.05) is 5.73 Å². The van der Waals surface area contributed by atoms with Crippen molar-refractivity contribution in [3.63, 3.8) is 0 Å². The van der Waals surface area contributed by atoms with Crippen LogP contribution in [0.2, 0.25) is 0 Å². The predicted molar refractivity (Wildman–Crippen MR) is 62.0 cm³/mol. The molecule has 0 fully saturated rings. The molecule has 0 aliphatic carbocycles. The van der Waals surface area contributed by atoms with Crippen LogP contribution in [0.15, 0.2) is 22.4 Å². The number of aryl methyl sites for hydroxylation is 1. The molecule has 0 amide bonds. The molecule has 86 valence electrons.